The number of nitrogens with zero attached hydrogens (tertiary/aromatic N) is 4. The van der Waals surface area contributed by atoms with Crippen LogP contribution in [0.15, 0.2) is 42.9 Å². The van der Waals surface area contributed by atoms with Gasteiger partial charge in [0, 0.05) is 22.5 Å². The van der Waals surface area contributed by atoms with Gasteiger partial charge < -0.3 is 5.32 Å². The highest BCUT2D eigenvalue weighted by Gasteiger charge is 2.26. The summed E-state index contributed by atoms with van der Waals surface area (Å²) >= 11 is 6.09. The molecule has 6 nitrogen and oxygen atoms in total. The summed E-state index contributed by atoms with van der Waals surface area (Å²) in [6.45, 7) is 2.51. The molecule has 3 aromatic rings. The van der Waals surface area contributed by atoms with Crippen molar-refractivity contribution in [3.63, 3.8) is 0 Å². The molecule has 138 valence electrons. The number of carbonyl (C=O) groups is 1. The highest BCUT2D eigenvalue weighted by Crippen LogP contribution is 2.30. The molecule has 0 saturated carbocycles. The Morgan fingerprint density at radius 3 is 2.96 bits per heavy atom. The Bertz CT molecular complexity index is 967. The maximum absolute atomic E-state index is 12.5. The Hall–Kier alpha value is -2.73. The summed E-state index contributed by atoms with van der Waals surface area (Å²) in [6, 6.07) is 7.74. The number of benzene rings is 1. The topological polar surface area (TPSA) is 72.7 Å². The summed E-state index contributed by atoms with van der Waals surface area (Å²) in [5.74, 6) is -0.206. The number of aryl methyl sites for hydroxylation is 1. The van der Waals surface area contributed by atoms with Gasteiger partial charge in [0.1, 0.15) is 5.69 Å². The molecule has 4 rings (SSSR count). The summed E-state index contributed by atoms with van der Waals surface area (Å²) in [5.41, 5.74) is 4.47. The Kier molecular flexibility index (Phi) is 4.90. The largest absolute Gasteiger partial charge is 0.344 e. The lowest BCUT2D eigenvalue weighted by Gasteiger charge is -2.24. The molecule has 0 radical (unpaired) electrons. The molecule has 2 heterocycles. The molecule has 7 heteroatoms. The van der Waals surface area contributed by atoms with Gasteiger partial charge in [-0.05, 0) is 43.9 Å². The third-order valence-corrected chi connectivity index (χ3v) is 5.04. The van der Waals surface area contributed by atoms with Crippen molar-refractivity contribution in [2.75, 3.05) is 0 Å². The molecule has 0 bridgehead atoms. The lowest BCUT2D eigenvalue weighted by molar-refractivity contribution is 0.0927. The van der Waals surface area contributed by atoms with Crippen molar-refractivity contribution in [3.05, 3.63) is 76.1 Å². The first-order valence-electron chi connectivity index (χ1n) is 8.98. The van der Waals surface area contributed by atoms with E-state index in [0.29, 0.717) is 12.2 Å². The zero-order chi connectivity index (χ0) is 18.8. The van der Waals surface area contributed by atoms with Gasteiger partial charge >= 0.3 is 0 Å². The molecule has 0 saturated heterocycles. The fourth-order valence-corrected chi connectivity index (χ4v) is 3.67. The summed E-state index contributed by atoms with van der Waals surface area (Å²) in [4.78, 5) is 20.8. The fraction of sp³-hybridized carbons (Fsp3) is 0.300. The Morgan fingerprint density at radius 1 is 1.30 bits per heavy atom. The van der Waals surface area contributed by atoms with E-state index < -0.39 is 0 Å². The van der Waals surface area contributed by atoms with Crippen molar-refractivity contribution in [2.24, 2.45) is 0 Å². The number of hydrogen-bond acceptors (Lipinski definition) is 4. The average Bonchev–Trinajstić information content (AvgIpc) is 3.06. The molecule has 1 aromatic carbocycles. The first-order chi connectivity index (χ1) is 13.1. The van der Waals surface area contributed by atoms with Gasteiger partial charge in [-0.2, -0.15) is 5.10 Å². The van der Waals surface area contributed by atoms with Crippen molar-refractivity contribution in [1.82, 2.24) is 25.1 Å². The molecular formula is C20H20ClN5O. The van der Waals surface area contributed by atoms with Gasteiger partial charge in [-0.15, -0.1) is 0 Å². The standard InChI is InChI=1S/C20H20ClN5O/c1-13-9-23-18(11-22-13)20(27)25-17-6-3-7-19-16(17)10-24-26(19)12-14-4-2-5-15(21)8-14/h2,4-5,8-11,17H,3,6-7,12H2,1H3,(H,25,27)/t17-/m1/s1. The molecular weight excluding hydrogens is 362 g/mol. The van der Waals surface area contributed by atoms with Gasteiger partial charge in [0.2, 0.25) is 0 Å². The lowest BCUT2D eigenvalue weighted by Crippen LogP contribution is -2.31. The fourth-order valence-electron chi connectivity index (χ4n) is 3.46. The summed E-state index contributed by atoms with van der Waals surface area (Å²) < 4.78 is 2.00. The van der Waals surface area contributed by atoms with E-state index in [2.05, 4.69) is 20.4 Å². The number of amides is 1. The predicted molar refractivity (Wildman–Crippen MR) is 103 cm³/mol. The van der Waals surface area contributed by atoms with Crippen molar-refractivity contribution in [3.8, 4) is 0 Å². The van der Waals surface area contributed by atoms with Gasteiger partial charge in [0.05, 0.1) is 30.7 Å². The van der Waals surface area contributed by atoms with E-state index in [1.165, 1.54) is 11.9 Å². The first kappa shape index (κ1) is 17.7. The van der Waals surface area contributed by atoms with Crippen molar-refractivity contribution < 1.29 is 4.79 Å². The van der Waals surface area contributed by atoms with Crippen LogP contribution in [-0.2, 0) is 13.0 Å². The van der Waals surface area contributed by atoms with Crippen LogP contribution in [0.5, 0.6) is 0 Å². The number of aromatic nitrogens is 4. The van der Waals surface area contributed by atoms with Crippen LogP contribution in [0.25, 0.3) is 0 Å². The monoisotopic (exact) mass is 381 g/mol. The van der Waals surface area contributed by atoms with E-state index in [-0.39, 0.29) is 11.9 Å². The number of nitrogens with one attached hydrogen (secondary N) is 1. The first-order valence-corrected chi connectivity index (χ1v) is 9.36. The minimum absolute atomic E-state index is 0.0579. The zero-order valence-corrected chi connectivity index (χ0v) is 15.8. The van der Waals surface area contributed by atoms with E-state index in [9.17, 15) is 4.79 Å². The summed E-state index contributed by atoms with van der Waals surface area (Å²) in [6.07, 6.45) is 7.82. The van der Waals surface area contributed by atoms with E-state index in [1.807, 2.05) is 42.1 Å². The van der Waals surface area contributed by atoms with Crippen LogP contribution in [0, 0.1) is 6.92 Å². The quantitative estimate of drug-likeness (QED) is 0.750. The number of fused-ring (bicyclic) bond motifs is 1. The van der Waals surface area contributed by atoms with Gasteiger partial charge in [0.15, 0.2) is 0 Å². The minimum Gasteiger partial charge on any atom is -0.344 e. The molecule has 0 aliphatic heterocycles. The van der Waals surface area contributed by atoms with E-state index in [1.54, 1.807) is 6.20 Å². The number of rotatable bonds is 4. The average molecular weight is 382 g/mol. The second-order valence-electron chi connectivity index (χ2n) is 6.80. The Labute approximate surface area is 162 Å². The molecule has 1 aliphatic rings. The second kappa shape index (κ2) is 7.48. The van der Waals surface area contributed by atoms with Crippen molar-refractivity contribution >= 4 is 17.5 Å². The molecule has 0 unspecified atom stereocenters. The molecule has 0 spiro atoms. The maximum atomic E-state index is 12.5. The van der Waals surface area contributed by atoms with Crippen LogP contribution in [0.2, 0.25) is 5.02 Å². The van der Waals surface area contributed by atoms with E-state index in [0.717, 1.165) is 41.1 Å². The van der Waals surface area contributed by atoms with Crippen LogP contribution in [0.3, 0.4) is 0 Å². The van der Waals surface area contributed by atoms with Crippen LogP contribution in [0.1, 0.15) is 51.9 Å². The smallest absolute Gasteiger partial charge is 0.271 e. The zero-order valence-electron chi connectivity index (χ0n) is 15.0. The van der Waals surface area contributed by atoms with E-state index in [4.69, 9.17) is 11.6 Å². The molecule has 27 heavy (non-hydrogen) atoms. The van der Waals surface area contributed by atoms with Crippen LogP contribution < -0.4 is 5.32 Å². The maximum Gasteiger partial charge on any atom is 0.271 e. The molecule has 1 aliphatic carbocycles. The van der Waals surface area contributed by atoms with Gasteiger partial charge in [0.25, 0.3) is 5.91 Å². The third-order valence-electron chi connectivity index (χ3n) is 4.80. The highest BCUT2D eigenvalue weighted by molar-refractivity contribution is 6.30. The van der Waals surface area contributed by atoms with Crippen LogP contribution in [0.4, 0.5) is 0 Å². The number of carbonyl (C=O) groups excluding carboxylic acids is 1. The van der Waals surface area contributed by atoms with Gasteiger partial charge in [-0.25, -0.2) is 4.98 Å². The van der Waals surface area contributed by atoms with Crippen molar-refractivity contribution in [2.45, 2.75) is 38.8 Å². The number of hydrogen-bond donors (Lipinski definition) is 1. The third kappa shape index (κ3) is 3.85. The second-order valence-corrected chi connectivity index (χ2v) is 7.23. The molecule has 1 atom stereocenters. The normalized spacial score (nSPS) is 16.0. The SMILES string of the molecule is Cc1cnc(C(=O)N[C@@H]2CCCc3c2cnn3Cc2cccc(Cl)c2)cn1. The Morgan fingerprint density at radius 2 is 2.19 bits per heavy atom. The molecule has 1 N–H and O–H groups in total. The molecule has 1 amide bonds. The molecule has 2 aromatic heterocycles. The van der Waals surface area contributed by atoms with Crippen LogP contribution in [-0.4, -0.2) is 25.7 Å². The highest BCUT2D eigenvalue weighted by atomic mass is 35.5. The minimum atomic E-state index is -0.206. The molecule has 0 fully saturated rings. The van der Waals surface area contributed by atoms with Crippen molar-refractivity contribution in [1.29, 1.82) is 0 Å². The van der Waals surface area contributed by atoms with Crippen LogP contribution >= 0.6 is 11.6 Å². The summed E-state index contributed by atoms with van der Waals surface area (Å²) in [7, 11) is 0. The predicted octanol–water partition coefficient (Wildman–Crippen LogP) is 3.49. The lowest BCUT2D eigenvalue weighted by atomic mass is 9.92. The summed E-state index contributed by atoms with van der Waals surface area (Å²) in [5, 5.41) is 8.36. The Balaban J connectivity index is 1.53. The number of halogens is 1. The van der Waals surface area contributed by atoms with E-state index >= 15 is 0 Å². The van der Waals surface area contributed by atoms with Gasteiger partial charge in [-0.1, -0.05) is 23.7 Å². The van der Waals surface area contributed by atoms with Gasteiger partial charge in [-0.3, -0.25) is 14.5 Å².